The highest BCUT2D eigenvalue weighted by Gasteiger charge is 2.10. The van der Waals surface area contributed by atoms with E-state index in [0.717, 1.165) is 28.0 Å². The van der Waals surface area contributed by atoms with Crippen molar-refractivity contribution in [3.8, 4) is 11.4 Å². The molecule has 1 amide bonds. The molecule has 1 heterocycles. The molecule has 4 nitrogen and oxygen atoms in total. The summed E-state index contributed by atoms with van der Waals surface area (Å²) >= 11 is 0. The number of benzene rings is 2. The zero-order chi connectivity index (χ0) is 14.1. The second-order valence-electron chi connectivity index (χ2n) is 4.83. The van der Waals surface area contributed by atoms with E-state index >= 15 is 0 Å². The molecule has 0 aliphatic heterocycles. The summed E-state index contributed by atoms with van der Waals surface area (Å²) in [5.74, 6) is 0.584. The average Bonchev–Trinajstić information content (AvgIpc) is 2.76. The Morgan fingerprint density at radius 1 is 1.20 bits per heavy atom. The van der Waals surface area contributed by atoms with Crippen molar-refractivity contribution in [1.29, 1.82) is 0 Å². The van der Waals surface area contributed by atoms with E-state index in [2.05, 4.69) is 9.55 Å². The lowest BCUT2D eigenvalue weighted by Crippen LogP contribution is -2.13. The summed E-state index contributed by atoms with van der Waals surface area (Å²) in [6.45, 7) is 0. The Hall–Kier alpha value is -2.62. The summed E-state index contributed by atoms with van der Waals surface area (Å²) in [5.41, 5.74) is 9.11. The lowest BCUT2D eigenvalue weighted by Gasteiger charge is -2.02. The smallest absolute Gasteiger partial charge is 0.221 e. The van der Waals surface area contributed by atoms with Crippen LogP contribution in [-0.4, -0.2) is 15.5 Å². The maximum absolute atomic E-state index is 11.0. The van der Waals surface area contributed by atoms with E-state index in [9.17, 15) is 4.79 Å². The quantitative estimate of drug-likeness (QED) is 0.789. The zero-order valence-corrected chi connectivity index (χ0v) is 11.2. The van der Waals surface area contributed by atoms with Crippen molar-refractivity contribution in [1.82, 2.24) is 9.55 Å². The van der Waals surface area contributed by atoms with Crippen molar-refractivity contribution in [2.24, 2.45) is 12.8 Å². The number of imidazole rings is 1. The molecule has 0 bridgehead atoms. The Labute approximate surface area is 116 Å². The number of aromatic nitrogens is 2. The van der Waals surface area contributed by atoms with Gasteiger partial charge in [0.25, 0.3) is 0 Å². The van der Waals surface area contributed by atoms with Gasteiger partial charge >= 0.3 is 0 Å². The standard InChI is InChI=1S/C16H15N3O/c1-19-14-8-7-11(10-15(17)20)9-13(14)18-16(19)12-5-3-2-4-6-12/h2-9H,10H2,1H3,(H2,17,20). The number of hydrogen-bond donors (Lipinski definition) is 1. The number of primary amides is 1. The Morgan fingerprint density at radius 3 is 2.65 bits per heavy atom. The lowest BCUT2D eigenvalue weighted by atomic mass is 10.1. The highest BCUT2D eigenvalue weighted by molar-refractivity contribution is 5.83. The van der Waals surface area contributed by atoms with Crippen molar-refractivity contribution >= 4 is 16.9 Å². The number of fused-ring (bicyclic) bond motifs is 1. The number of carbonyl (C=O) groups is 1. The fraction of sp³-hybridized carbons (Fsp3) is 0.125. The van der Waals surface area contributed by atoms with Crippen LogP contribution in [0.15, 0.2) is 48.5 Å². The molecule has 0 radical (unpaired) electrons. The molecule has 20 heavy (non-hydrogen) atoms. The van der Waals surface area contributed by atoms with Gasteiger partial charge in [0.05, 0.1) is 17.5 Å². The van der Waals surface area contributed by atoms with Gasteiger partial charge in [-0.3, -0.25) is 4.79 Å². The summed E-state index contributed by atoms with van der Waals surface area (Å²) in [7, 11) is 1.99. The number of carbonyl (C=O) groups excluding carboxylic acids is 1. The molecule has 0 atom stereocenters. The largest absolute Gasteiger partial charge is 0.369 e. The number of aryl methyl sites for hydroxylation is 1. The van der Waals surface area contributed by atoms with E-state index in [0.29, 0.717) is 0 Å². The topological polar surface area (TPSA) is 60.9 Å². The second-order valence-corrected chi connectivity index (χ2v) is 4.83. The highest BCUT2D eigenvalue weighted by Crippen LogP contribution is 2.24. The number of rotatable bonds is 3. The van der Waals surface area contributed by atoms with Gasteiger partial charge in [-0.15, -0.1) is 0 Å². The van der Waals surface area contributed by atoms with Crippen LogP contribution in [0.2, 0.25) is 0 Å². The number of nitrogens with zero attached hydrogens (tertiary/aromatic N) is 2. The Morgan fingerprint density at radius 2 is 1.95 bits per heavy atom. The Kier molecular flexibility index (Phi) is 2.99. The van der Waals surface area contributed by atoms with E-state index in [-0.39, 0.29) is 12.3 Å². The van der Waals surface area contributed by atoms with E-state index in [4.69, 9.17) is 5.73 Å². The molecule has 2 N–H and O–H groups in total. The molecule has 0 aliphatic rings. The van der Waals surface area contributed by atoms with Gasteiger partial charge < -0.3 is 10.3 Å². The van der Waals surface area contributed by atoms with Crippen molar-refractivity contribution in [3.05, 3.63) is 54.1 Å². The molecule has 0 fully saturated rings. The molecule has 0 saturated carbocycles. The number of amides is 1. The predicted octanol–water partition coefficient (Wildman–Crippen LogP) is 2.27. The summed E-state index contributed by atoms with van der Waals surface area (Å²) in [4.78, 5) is 15.7. The van der Waals surface area contributed by atoms with Crippen LogP contribution >= 0.6 is 0 Å². The van der Waals surface area contributed by atoms with Crippen molar-refractivity contribution in [3.63, 3.8) is 0 Å². The van der Waals surface area contributed by atoms with Crippen molar-refractivity contribution in [2.75, 3.05) is 0 Å². The molecule has 0 saturated heterocycles. The zero-order valence-electron chi connectivity index (χ0n) is 11.2. The predicted molar refractivity (Wildman–Crippen MR) is 79.0 cm³/mol. The summed E-state index contributed by atoms with van der Waals surface area (Å²) in [6, 6.07) is 15.9. The van der Waals surface area contributed by atoms with Crippen LogP contribution in [0, 0.1) is 0 Å². The van der Waals surface area contributed by atoms with E-state index in [1.54, 1.807) is 0 Å². The molecule has 0 spiro atoms. The fourth-order valence-electron chi connectivity index (χ4n) is 2.40. The number of nitrogens with two attached hydrogens (primary N) is 1. The van der Waals surface area contributed by atoms with Crippen LogP contribution in [0.1, 0.15) is 5.56 Å². The first-order valence-electron chi connectivity index (χ1n) is 6.44. The molecule has 0 aliphatic carbocycles. The van der Waals surface area contributed by atoms with Crippen LogP contribution < -0.4 is 5.73 Å². The third kappa shape index (κ3) is 2.16. The highest BCUT2D eigenvalue weighted by atomic mass is 16.1. The van der Waals surface area contributed by atoms with E-state index < -0.39 is 0 Å². The Balaban J connectivity index is 2.12. The van der Waals surface area contributed by atoms with E-state index in [1.807, 2.05) is 55.6 Å². The molecule has 1 aromatic heterocycles. The van der Waals surface area contributed by atoms with Gasteiger partial charge in [0.2, 0.25) is 5.91 Å². The summed E-state index contributed by atoms with van der Waals surface area (Å²) in [5, 5.41) is 0. The van der Waals surface area contributed by atoms with E-state index in [1.165, 1.54) is 0 Å². The maximum Gasteiger partial charge on any atom is 0.221 e. The average molecular weight is 265 g/mol. The normalized spacial score (nSPS) is 10.8. The number of hydrogen-bond acceptors (Lipinski definition) is 2. The second kappa shape index (κ2) is 4.81. The van der Waals surface area contributed by atoms with Gasteiger partial charge in [0.15, 0.2) is 0 Å². The SMILES string of the molecule is Cn1c(-c2ccccc2)nc2cc(CC(N)=O)ccc21. The first kappa shape index (κ1) is 12.4. The molecule has 3 aromatic rings. The molecule has 4 heteroatoms. The molecular weight excluding hydrogens is 250 g/mol. The first-order chi connectivity index (χ1) is 9.65. The van der Waals surface area contributed by atoms with Gasteiger partial charge in [0.1, 0.15) is 5.82 Å². The first-order valence-corrected chi connectivity index (χ1v) is 6.44. The Bertz CT molecular complexity index is 775. The van der Waals surface area contributed by atoms with Crippen LogP contribution in [0.25, 0.3) is 22.4 Å². The fourth-order valence-corrected chi connectivity index (χ4v) is 2.40. The third-order valence-electron chi connectivity index (χ3n) is 3.36. The minimum absolute atomic E-state index is 0.243. The lowest BCUT2D eigenvalue weighted by molar-refractivity contribution is -0.117. The molecular formula is C16H15N3O. The summed E-state index contributed by atoms with van der Waals surface area (Å²) < 4.78 is 2.05. The molecule has 2 aromatic carbocycles. The minimum atomic E-state index is -0.330. The maximum atomic E-state index is 11.0. The van der Waals surface area contributed by atoms with Crippen LogP contribution in [0.4, 0.5) is 0 Å². The minimum Gasteiger partial charge on any atom is -0.369 e. The van der Waals surface area contributed by atoms with Gasteiger partial charge in [-0.2, -0.15) is 0 Å². The van der Waals surface area contributed by atoms with Crippen molar-refractivity contribution < 1.29 is 4.79 Å². The van der Waals surface area contributed by atoms with Crippen molar-refractivity contribution in [2.45, 2.75) is 6.42 Å². The summed E-state index contributed by atoms with van der Waals surface area (Å²) in [6.07, 6.45) is 0.243. The molecule has 0 unspecified atom stereocenters. The van der Waals surface area contributed by atoms with Gasteiger partial charge in [-0.25, -0.2) is 4.98 Å². The van der Waals surface area contributed by atoms with Gasteiger partial charge in [-0.1, -0.05) is 36.4 Å². The van der Waals surface area contributed by atoms with Crippen LogP contribution in [-0.2, 0) is 18.3 Å². The third-order valence-corrected chi connectivity index (χ3v) is 3.36. The van der Waals surface area contributed by atoms with Gasteiger partial charge in [-0.05, 0) is 17.7 Å². The molecule has 3 rings (SSSR count). The molecule has 100 valence electrons. The van der Waals surface area contributed by atoms with Crippen LogP contribution in [0.3, 0.4) is 0 Å². The van der Waals surface area contributed by atoms with Gasteiger partial charge in [0, 0.05) is 12.6 Å². The monoisotopic (exact) mass is 265 g/mol. The van der Waals surface area contributed by atoms with Crippen LogP contribution in [0.5, 0.6) is 0 Å².